The molecule has 0 aliphatic carbocycles. The molecule has 0 radical (unpaired) electrons. The maximum absolute atomic E-state index is 13.6. The van der Waals surface area contributed by atoms with Crippen LogP contribution in [0.15, 0.2) is 53.7 Å². The van der Waals surface area contributed by atoms with E-state index in [2.05, 4.69) is 10.3 Å². The molecule has 0 spiro atoms. The number of benzene rings is 1. The average molecular weight is 444 g/mol. The summed E-state index contributed by atoms with van der Waals surface area (Å²) in [5, 5.41) is 3.02. The number of carbonyl (C=O) groups is 1. The van der Waals surface area contributed by atoms with Gasteiger partial charge in [-0.1, -0.05) is 18.2 Å². The molecule has 2 atom stereocenters. The molecule has 1 N–H and O–H groups in total. The minimum Gasteiger partial charge on any atom is -0.354 e. The fourth-order valence-electron chi connectivity index (χ4n) is 4.41. The van der Waals surface area contributed by atoms with Crippen LogP contribution in [0.2, 0.25) is 0 Å². The smallest absolute Gasteiger partial charge is 0.245 e. The fraction of sp³-hybridized carbons (Fsp3) is 0.455. The van der Waals surface area contributed by atoms with Gasteiger partial charge in [-0.25, -0.2) is 8.42 Å². The van der Waals surface area contributed by atoms with Crippen molar-refractivity contribution in [2.24, 2.45) is 0 Å². The summed E-state index contributed by atoms with van der Waals surface area (Å²) in [5.74, 6) is -0.0442. The highest BCUT2D eigenvalue weighted by Gasteiger charge is 2.45. The molecule has 31 heavy (non-hydrogen) atoms. The van der Waals surface area contributed by atoms with Crippen molar-refractivity contribution in [1.29, 1.82) is 0 Å². The van der Waals surface area contributed by atoms with Gasteiger partial charge in [0.1, 0.15) is 10.9 Å². The number of nitrogens with one attached hydrogen (secondary N) is 1. The third kappa shape index (κ3) is 4.44. The van der Waals surface area contributed by atoms with E-state index < -0.39 is 10.0 Å². The standard InChI is InChI=1S/C22H29N5O3S/c1-25(2)13-12-24-22(28)20-10-9-18-16-26(15-17-6-5-11-23-14-17)31(29,30)21-8-4-3-7-19(21)27(18)20/h3-8,11,14,18,20H,9-10,12-13,15-16H2,1-2H3,(H,24,28)/t18-,20-/m1/s1. The molecular formula is C22H29N5O3S. The van der Waals surface area contributed by atoms with E-state index in [0.717, 1.165) is 18.5 Å². The molecule has 0 unspecified atom stereocenters. The number of hydrogen-bond acceptors (Lipinski definition) is 6. The van der Waals surface area contributed by atoms with Gasteiger partial charge in [-0.2, -0.15) is 4.31 Å². The second-order valence-corrected chi connectivity index (χ2v) is 10.3. The van der Waals surface area contributed by atoms with Crippen LogP contribution in [0.5, 0.6) is 0 Å². The Bertz CT molecular complexity index is 1030. The summed E-state index contributed by atoms with van der Waals surface area (Å²) < 4.78 is 28.6. The van der Waals surface area contributed by atoms with E-state index in [9.17, 15) is 13.2 Å². The lowest BCUT2D eigenvalue weighted by Crippen LogP contribution is -2.49. The normalized spacial score (nSPS) is 22.6. The zero-order valence-electron chi connectivity index (χ0n) is 17.9. The van der Waals surface area contributed by atoms with Crippen LogP contribution >= 0.6 is 0 Å². The van der Waals surface area contributed by atoms with Crippen LogP contribution in [-0.4, -0.2) is 74.3 Å². The number of nitrogens with zero attached hydrogens (tertiary/aromatic N) is 4. The van der Waals surface area contributed by atoms with Crippen LogP contribution in [0.25, 0.3) is 0 Å². The minimum atomic E-state index is -3.71. The Hall–Kier alpha value is -2.49. The minimum absolute atomic E-state index is 0.0442. The van der Waals surface area contributed by atoms with E-state index in [0.29, 0.717) is 25.2 Å². The molecule has 1 aromatic carbocycles. The van der Waals surface area contributed by atoms with Gasteiger partial charge in [-0.3, -0.25) is 9.78 Å². The van der Waals surface area contributed by atoms with Gasteiger partial charge in [0.05, 0.1) is 5.69 Å². The Morgan fingerprint density at radius 1 is 1.19 bits per heavy atom. The van der Waals surface area contributed by atoms with Crippen LogP contribution in [0.1, 0.15) is 18.4 Å². The van der Waals surface area contributed by atoms with Crippen LogP contribution in [0, 0.1) is 0 Å². The first-order valence-corrected chi connectivity index (χ1v) is 12.0. The van der Waals surface area contributed by atoms with Gasteiger partial charge in [0, 0.05) is 44.6 Å². The monoisotopic (exact) mass is 443 g/mol. The Morgan fingerprint density at radius 3 is 2.74 bits per heavy atom. The fourth-order valence-corrected chi connectivity index (χ4v) is 6.06. The van der Waals surface area contributed by atoms with Gasteiger partial charge in [-0.05, 0) is 50.7 Å². The molecule has 1 saturated heterocycles. The topological polar surface area (TPSA) is 85.9 Å². The van der Waals surface area contributed by atoms with E-state index in [1.807, 2.05) is 48.2 Å². The Balaban J connectivity index is 1.65. The molecule has 1 fully saturated rings. The number of carbonyl (C=O) groups excluding carboxylic acids is 1. The number of amides is 1. The number of sulfonamides is 1. The second-order valence-electron chi connectivity index (χ2n) is 8.38. The summed E-state index contributed by atoms with van der Waals surface area (Å²) in [5.41, 5.74) is 1.46. The van der Waals surface area contributed by atoms with E-state index in [4.69, 9.17) is 0 Å². The first-order valence-electron chi connectivity index (χ1n) is 10.6. The van der Waals surface area contributed by atoms with Crippen LogP contribution < -0.4 is 10.2 Å². The number of fused-ring (bicyclic) bond motifs is 3. The molecule has 0 saturated carbocycles. The highest BCUT2D eigenvalue weighted by Crippen LogP contribution is 2.40. The summed E-state index contributed by atoms with van der Waals surface area (Å²) in [7, 11) is 0.214. The van der Waals surface area contributed by atoms with Crippen molar-refractivity contribution in [2.75, 3.05) is 38.6 Å². The number of anilines is 1. The number of likely N-dealkylation sites (N-methyl/N-ethyl adjacent to an activating group) is 1. The molecular weight excluding hydrogens is 414 g/mol. The molecule has 4 rings (SSSR count). The van der Waals surface area contributed by atoms with E-state index in [1.165, 1.54) is 4.31 Å². The zero-order valence-corrected chi connectivity index (χ0v) is 18.8. The molecule has 8 nitrogen and oxygen atoms in total. The predicted octanol–water partition coefficient (Wildman–Crippen LogP) is 1.30. The van der Waals surface area contributed by atoms with Gasteiger partial charge >= 0.3 is 0 Å². The molecule has 1 aromatic heterocycles. The van der Waals surface area contributed by atoms with E-state index in [1.54, 1.807) is 24.5 Å². The first kappa shape index (κ1) is 21.7. The second kappa shape index (κ2) is 8.94. The van der Waals surface area contributed by atoms with Crippen molar-refractivity contribution in [3.05, 3.63) is 54.4 Å². The number of aromatic nitrogens is 1. The van der Waals surface area contributed by atoms with Crippen molar-refractivity contribution >= 4 is 21.6 Å². The Kier molecular flexibility index (Phi) is 6.27. The summed E-state index contributed by atoms with van der Waals surface area (Å²) in [6, 6.07) is 10.3. The van der Waals surface area contributed by atoms with Crippen molar-refractivity contribution in [1.82, 2.24) is 19.5 Å². The SMILES string of the molecule is CN(C)CCNC(=O)[C@H]1CC[C@@H]2CN(Cc3cccnc3)S(=O)(=O)c3ccccc3N21. The van der Waals surface area contributed by atoms with E-state index in [-0.39, 0.29) is 29.4 Å². The van der Waals surface area contributed by atoms with Crippen molar-refractivity contribution in [3.63, 3.8) is 0 Å². The van der Waals surface area contributed by atoms with Gasteiger partial charge in [0.2, 0.25) is 15.9 Å². The molecule has 9 heteroatoms. The van der Waals surface area contributed by atoms with Crippen molar-refractivity contribution in [3.8, 4) is 0 Å². The molecule has 2 aromatic rings. The lowest BCUT2D eigenvalue weighted by atomic mass is 10.2. The predicted molar refractivity (Wildman–Crippen MR) is 119 cm³/mol. The maximum atomic E-state index is 13.6. The molecule has 2 aliphatic rings. The summed E-state index contributed by atoms with van der Waals surface area (Å²) >= 11 is 0. The lowest BCUT2D eigenvalue weighted by Gasteiger charge is -2.31. The molecule has 2 aliphatic heterocycles. The third-order valence-corrected chi connectivity index (χ3v) is 7.78. The number of hydrogen-bond donors (Lipinski definition) is 1. The third-order valence-electron chi connectivity index (χ3n) is 5.92. The van der Waals surface area contributed by atoms with Crippen molar-refractivity contribution in [2.45, 2.75) is 36.4 Å². The molecule has 3 heterocycles. The summed E-state index contributed by atoms with van der Waals surface area (Å²) in [4.78, 5) is 21.4. The van der Waals surface area contributed by atoms with Gasteiger partial charge in [0.15, 0.2) is 0 Å². The van der Waals surface area contributed by atoms with Gasteiger partial charge < -0.3 is 15.1 Å². The highest BCUT2D eigenvalue weighted by atomic mass is 32.2. The zero-order chi connectivity index (χ0) is 22.0. The van der Waals surface area contributed by atoms with Crippen LogP contribution in [-0.2, 0) is 21.4 Å². The maximum Gasteiger partial charge on any atom is 0.245 e. The van der Waals surface area contributed by atoms with E-state index >= 15 is 0 Å². The number of pyridine rings is 1. The quantitative estimate of drug-likeness (QED) is 0.724. The summed E-state index contributed by atoms with van der Waals surface area (Å²) in [6.45, 7) is 1.92. The largest absolute Gasteiger partial charge is 0.354 e. The van der Waals surface area contributed by atoms with Crippen molar-refractivity contribution < 1.29 is 13.2 Å². The molecule has 0 bridgehead atoms. The van der Waals surface area contributed by atoms with Gasteiger partial charge in [0.25, 0.3) is 0 Å². The molecule has 1 amide bonds. The Labute approximate surface area is 183 Å². The first-order chi connectivity index (χ1) is 14.9. The molecule has 166 valence electrons. The van der Waals surface area contributed by atoms with Crippen LogP contribution in [0.3, 0.4) is 0 Å². The lowest BCUT2D eigenvalue weighted by molar-refractivity contribution is -0.122. The van der Waals surface area contributed by atoms with Gasteiger partial charge in [-0.15, -0.1) is 0 Å². The highest BCUT2D eigenvalue weighted by molar-refractivity contribution is 7.89. The number of rotatable bonds is 6. The summed E-state index contributed by atoms with van der Waals surface area (Å²) in [6.07, 6.45) is 4.83. The number of para-hydroxylation sites is 1. The average Bonchev–Trinajstić information content (AvgIpc) is 3.14. The van der Waals surface area contributed by atoms with Crippen LogP contribution in [0.4, 0.5) is 5.69 Å². The Morgan fingerprint density at radius 2 is 2.00 bits per heavy atom.